The van der Waals surface area contributed by atoms with Crippen molar-refractivity contribution < 1.29 is 9.46 Å². The van der Waals surface area contributed by atoms with Crippen LogP contribution in [0.4, 0.5) is 0 Å². The molecular weight excluding hydrogens is 268 g/mol. The van der Waals surface area contributed by atoms with Crippen molar-refractivity contribution >= 4 is 34.6 Å². The van der Waals surface area contributed by atoms with Crippen molar-refractivity contribution in [1.82, 2.24) is 0 Å². The van der Waals surface area contributed by atoms with E-state index < -0.39 is 9.46 Å². The quantitative estimate of drug-likeness (QED) is 0.840. The van der Waals surface area contributed by atoms with Gasteiger partial charge in [-0.15, -0.1) is 0 Å². The molecule has 1 nitrogen and oxygen atoms in total. The van der Waals surface area contributed by atoms with Gasteiger partial charge < -0.3 is 0 Å². The Morgan fingerprint density at radius 2 is 1.69 bits per heavy atom. The minimum absolute atomic E-state index is 0.676. The molecule has 0 saturated carbocycles. The fourth-order valence-corrected chi connectivity index (χ4v) is 4.76. The first kappa shape index (κ1) is 11.7. The van der Waals surface area contributed by atoms with Crippen molar-refractivity contribution in [3.8, 4) is 0 Å². The van der Waals surface area contributed by atoms with Gasteiger partial charge in [-0.1, -0.05) is 0 Å². The Labute approximate surface area is 91.6 Å². The van der Waals surface area contributed by atoms with Gasteiger partial charge in [-0.25, -0.2) is 0 Å². The van der Waals surface area contributed by atoms with E-state index in [0.717, 1.165) is 11.1 Å². The summed E-state index contributed by atoms with van der Waals surface area (Å²) in [5.41, 5.74) is 2.08. The van der Waals surface area contributed by atoms with E-state index in [-0.39, 0.29) is 0 Å². The fraction of sp³-hybridized carbons (Fsp3) is 0.250. The van der Waals surface area contributed by atoms with Gasteiger partial charge in [-0.2, -0.15) is 0 Å². The van der Waals surface area contributed by atoms with E-state index in [2.05, 4.69) is 0 Å². The van der Waals surface area contributed by atoms with Gasteiger partial charge in [0.05, 0.1) is 0 Å². The third-order valence-corrected chi connectivity index (χ3v) is 5.65. The molecule has 0 atom stereocenters. The molecule has 0 fully saturated rings. The van der Waals surface area contributed by atoms with E-state index >= 15 is 0 Å². The zero-order valence-corrected chi connectivity index (χ0v) is 10.9. The molecule has 0 amide bonds. The first-order valence-corrected chi connectivity index (χ1v) is 10.3. The second-order valence-electron chi connectivity index (χ2n) is 3.06. The molecule has 0 heterocycles. The molecule has 0 radical (unpaired) electrons. The molecule has 13 heavy (non-hydrogen) atoms. The van der Waals surface area contributed by atoms with Crippen LogP contribution in [-0.4, -0.2) is 0 Å². The summed E-state index contributed by atoms with van der Waals surface area (Å²) in [6.07, 6.45) is 0. The van der Waals surface area contributed by atoms with E-state index in [1.807, 2.05) is 26.0 Å². The monoisotopic (exact) mass is 278 g/mol. The molecule has 2 N–H and O–H groups in total. The number of benzene rings is 1. The maximum absolute atomic E-state index is 5.95. The van der Waals surface area contributed by atoms with Crippen molar-refractivity contribution in [3.05, 3.63) is 29.3 Å². The average Bonchev–Trinajstić information content (AvgIpc) is 1.80. The van der Waals surface area contributed by atoms with Gasteiger partial charge in [0.15, 0.2) is 0 Å². The average molecular weight is 280 g/mol. The molecule has 0 aromatic heterocycles. The number of nitrogens with two attached hydrogens (primary N) is 1. The Morgan fingerprint density at radius 3 is 2.08 bits per heavy atom. The first-order chi connectivity index (χ1) is 5.67. The molecule has 0 bridgehead atoms. The van der Waals surface area contributed by atoms with E-state index in [4.69, 9.17) is 34.9 Å². The summed E-state index contributed by atoms with van der Waals surface area (Å²) in [6, 6.07) is 5.67. The van der Waals surface area contributed by atoms with E-state index in [1.165, 1.54) is 0 Å². The van der Waals surface area contributed by atoms with Crippen LogP contribution in [0.2, 0.25) is 0 Å². The Balaban J connectivity index is 3.33. The molecule has 0 aliphatic rings. The summed E-state index contributed by atoms with van der Waals surface area (Å²) in [6.45, 7) is 3.89. The topological polar surface area (TPSA) is 26.0 Å². The van der Waals surface area contributed by atoms with Gasteiger partial charge in [-0.05, 0) is 0 Å². The normalized spacial score (nSPS) is 15.1. The molecule has 5 heteroatoms. The summed E-state index contributed by atoms with van der Waals surface area (Å²) in [4.78, 5) is 0. The van der Waals surface area contributed by atoms with Gasteiger partial charge in [0.1, 0.15) is 0 Å². The molecule has 1 aromatic carbocycles. The second-order valence-corrected chi connectivity index (χ2v) is 16.1. The summed E-state index contributed by atoms with van der Waals surface area (Å²) in [7, 11) is 13.8. The first-order valence-electron chi connectivity index (χ1n) is 3.64. The number of hydrogen-bond donors (Lipinski definition) is 1. The molecule has 0 saturated heterocycles. The summed E-state index contributed by atoms with van der Waals surface area (Å²) in [5.74, 6) is 0. The summed E-state index contributed by atoms with van der Waals surface area (Å²) in [5, 5.41) is 0. The van der Waals surface area contributed by atoms with Crippen LogP contribution in [0, 0.1) is 13.8 Å². The van der Waals surface area contributed by atoms with Crippen molar-refractivity contribution in [2.24, 2.45) is 4.72 Å². The number of hydrogen-bond acceptors (Lipinski definition) is 1. The van der Waals surface area contributed by atoms with E-state index in [1.54, 1.807) is 6.07 Å². The fourth-order valence-electron chi connectivity index (χ4n) is 1.19. The van der Waals surface area contributed by atoms with Gasteiger partial charge in [0.2, 0.25) is 0 Å². The van der Waals surface area contributed by atoms with Crippen LogP contribution in [0.5, 0.6) is 0 Å². The van der Waals surface area contributed by atoms with E-state index in [9.17, 15) is 0 Å². The summed E-state index contributed by atoms with van der Waals surface area (Å²) >= 11 is 0. The van der Waals surface area contributed by atoms with Gasteiger partial charge in [0.25, 0.3) is 0 Å². The minimum atomic E-state index is -4.04. The number of rotatable bonds is 1. The molecule has 0 spiro atoms. The molecular formula is C8H11Cl3CrN. The zero-order valence-electron chi connectivity index (χ0n) is 7.35. The number of halogens is 3. The molecule has 75 valence electrons. The van der Waals surface area contributed by atoms with Gasteiger partial charge in [0, 0.05) is 0 Å². The molecule has 0 aliphatic carbocycles. The molecule has 1 aromatic rings. The predicted molar refractivity (Wildman–Crippen MR) is 57.3 cm³/mol. The second kappa shape index (κ2) is 3.31. The van der Waals surface area contributed by atoms with Crippen LogP contribution in [0.1, 0.15) is 11.1 Å². The molecule has 1 rings (SSSR count). The van der Waals surface area contributed by atoms with Crippen LogP contribution in [-0.2, 0) is 9.46 Å². The SMILES string of the molecule is Cc1cc[c]([Cr]([NH2])([Cl])([Cl])[Cl])c(C)c1. The van der Waals surface area contributed by atoms with Crippen LogP contribution >= 0.6 is 30.1 Å². The van der Waals surface area contributed by atoms with E-state index in [0.29, 0.717) is 4.43 Å². The molecule has 0 aliphatic heterocycles. The van der Waals surface area contributed by atoms with Crippen molar-refractivity contribution in [1.29, 1.82) is 0 Å². The third-order valence-electron chi connectivity index (χ3n) is 1.71. The Bertz CT molecular complexity index is 334. The third kappa shape index (κ3) is 3.03. The van der Waals surface area contributed by atoms with Crippen molar-refractivity contribution in [3.63, 3.8) is 0 Å². The standard InChI is InChI=1S/C8H9.3ClH.Cr.H2N/c1-7-4-3-5-8(2)6-7;;;;;/h3-4,6H,1-2H3;3*1H;;1H2/q;;;;+4;-1/p-3. The Hall–Kier alpha value is 0.582. The zero-order chi connectivity index (χ0) is 10.3. The van der Waals surface area contributed by atoms with Crippen molar-refractivity contribution in [2.75, 3.05) is 0 Å². The van der Waals surface area contributed by atoms with Crippen LogP contribution in [0.15, 0.2) is 18.2 Å². The van der Waals surface area contributed by atoms with Crippen LogP contribution < -0.4 is 9.14 Å². The van der Waals surface area contributed by atoms with Crippen LogP contribution in [0.3, 0.4) is 0 Å². The van der Waals surface area contributed by atoms with Gasteiger partial charge in [-0.3, -0.25) is 0 Å². The maximum atomic E-state index is 5.95. The summed E-state index contributed by atoms with van der Waals surface area (Å²) < 4.78 is 6.39. The number of aryl methyl sites for hydroxylation is 2. The van der Waals surface area contributed by atoms with Gasteiger partial charge >= 0.3 is 91.9 Å². The van der Waals surface area contributed by atoms with Crippen molar-refractivity contribution in [2.45, 2.75) is 13.8 Å². The Morgan fingerprint density at radius 1 is 1.15 bits per heavy atom. The molecule has 0 unspecified atom stereocenters. The predicted octanol–water partition coefficient (Wildman–Crippen LogP) is 2.95. The van der Waals surface area contributed by atoms with Crippen LogP contribution in [0.25, 0.3) is 0 Å². The Kier molecular flexibility index (Phi) is 2.97.